The van der Waals surface area contributed by atoms with E-state index >= 15 is 0 Å². The molecule has 0 spiro atoms. The summed E-state index contributed by atoms with van der Waals surface area (Å²) in [6.07, 6.45) is 0.245. The molecule has 1 atom stereocenters. The maximum Gasteiger partial charge on any atom is 0.239 e. The number of carbonyl (C=O) groups excluding carboxylic acids is 1. The average molecular weight is 240 g/mol. The van der Waals surface area contributed by atoms with Crippen LogP contribution in [0.2, 0.25) is 0 Å². The molecule has 0 bridgehead atoms. The first-order valence-corrected chi connectivity index (χ1v) is 5.50. The van der Waals surface area contributed by atoms with E-state index in [1.54, 1.807) is 11.9 Å². The lowest BCUT2D eigenvalue weighted by molar-refractivity contribution is -0.134. The van der Waals surface area contributed by atoms with Gasteiger partial charge in [0.05, 0.1) is 6.04 Å². The molecule has 0 radical (unpaired) electrons. The van der Waals surface area contributed by atoms with Gasteiger partial charge < -0.3 is 10.2 Å². The molecule has 17 heavy (non-hydrogen) atoms. The molecule has 1 unspecified atom stereocenters. The van der Waals surface area contributed by atoms with Crippen LogP contribution in [0.1, 0.15) is 5.56 Å². The number of nitrogens with one attached hydrogen (secondary N) is 1. The van der Waals surface area contributed by atoms with Crippen molar-refractivity contribution in [2.24, 2.45) is 0 Å². The van der Waals surface area contributed by atoms with Crippen molar-refractivity contribution in [3.63, 3.8) is 0 Å². The lowest BCUT2D eigenvalue weighted by Gasteiger charge is -2.30. The summed E-state index contributed by atoms with van der Waals surface area (Å²) in [4.78, 5) is 13.4. The van der Waals surface area contributed by atoms with Crippen LogP contribution in [0, 0.1) is 11.6 Å². The van der Waals surface area contributed by atoms with E-state index in [0.717, 1.165) is 6.07 Å². The number of piperazine rings is 1. The number of nitrogens with zero attached hydrogens (tertiary/aromatic N) is 1. The molecule has 1 aromatic rings. The molecular formula is C12H14F2N2O. The predicted octanol–water partition coefficient (Wildman–Crippen LogP) is 0.937. The fraction of sp³-hybridized carbons (Fsp3) is 0.417. The van der Waals surface area contributed by atoms with E-state index in [-0.39, 0.29) is 12.3 Å². The Morgan fingerprint density at radius 3 is 2.94 bits per heavy atom. The van der Waals surface area contributed by atoms with Gasteiger partial charge in [0, 0.05) is 26.2 Å². The maximum atomic E-state index is 13.4. The third-order valence-corrected chi connectivity index (χ3v) is 2.95. The summed E-state index contributed by atoms with van der Waals surface area (Å²) >= 11 is 0. The molecule has 1 fully saturated rings. The van der Waals surface area contributed by atoms with Gasteiger partial charge in [-0.3, -0.25) is 4.79 Å². The number of amides is 1. The van der Waals surface area contributed by atoms with Crippen molar-refractivity contribution in [2.45, 2.75) is 12.5 Å². The van der Waals surface area contributed by atoms with E-state index in [1.807, 2.05) is 0 Å². The van der Waals surface area contributed by atoms with Crippen LogP contribution in [-0.2, 0) is 11.2 Å². The summed E-state index contributed by atoms with van der Waals surface area (Å²) in [5.74, 6) is -1.26. The van der Waals surface area contributed by atoms with Crippen molar-refractivity contribution in [1.82, 2.24) is 10.2 Å². The van der Waals surface area contributed by atoms with E-state index in [0.29, 0.717) is 18.7 Å². The first-order chi connectivity index (χ1) is 8.08. The molecule has 1 aliphatic heterocycles. The molecule has 1 amide bonds. The van der Waals surface area contributed by atoms with Crippen molar-refractivity contribution in [2.75, 3.05) is 20.1 Å². The summed E-state index contributed by atoms with van der Waals surface area (Å²) in [6, 6.07) is 3.00. The third kappa shape index (κ3) is 2.61. The van der Waals surface area contributed by atoms with Crippen LogP contribution in [0.3, 0.4) is 0 Å². The largest absolute Gasteiger partial charge is 0.343 e. The molecule has 3 nitrogen and oxygen atoms in total. The fourth-order valence-corrected chi connectivity index (χ4v) is 1.94. The van der Waals surface area contributed by atoms with Gasteiger partial charge in [0.2, 0.25) is 5.91 Å². The monoisotopic (exact) mass is 240 g/mol. The number of halogens is 2. The highest BCUT2D eigenvalue weighted by atomic mass is 19.1. The van der Waals surface area contributed by atoms with Crippen LogP contribution >= 0.6 is 0 Å². The Balaban J connectivity index is 2.12. The molecular weight excluding hydrogens is 226 g/mol. The summed E-state index contributed by atoms with van der Waals surface area (Å²) in [5.41, 5.74) is 0.354. The van der Waals surface area contributed by atoms with Gasteiger partial charge in [-0.2, -0.15) is 0 Å². The Labute approximate surface area is 98.4 Å². The van der Waals surface area contributed by atoms with Gasteiger partial charge >= 0.3 is 0 Å². The molecule has 92 valence electrons. The highest BCUT2D eigenvalue weighted by Crippen LogP contribution is 2.13. The van der Waals surface area contributed by atoms with Gasteiger partial charge in [0.15, 0.2) is 0 Å². The highest BCUT2D eigenvalue weighted by molar-refractivity contribution is 5.82. The SMILES string of the molecule is CN1CCNC(Cc2ccc(F)cc2F)C1=O. The van der Waals surface area contributed by atoms with Crippen LogP contribution in [-0.4, -0.2) is 37.0 Å². The molecule has 1 aromatic carbocycles. The molecule has 1 heterocycles. The third-order valence-electron chi connectivity index (χ3n) is 2.95. The minimum absolute atomic E-state index is 0.0556. The van der Waals surface area contributed by atoms with Crippen LogP contribution in [0.15, 0.2) is 18.2 Å². The Kier molecular flexibility index (Phi) is 3.38. The Morgan fingerprint density at radius 1 is 1.47 bits per heavy atom. The van der Waals surface area contributed by atoms with E-state index < -0.39 is 17.7 Å². The second kappa shape index (κ2) is 4.79. The molecule has 1 aliphatic rings. The van der Waals surface area contributed by atoms with Crippen molar-refractivity contribution < 1.29 is 13.6 Å². The zero-order chi connectivity index (χ0) is 12.4. The average Bonchev–Trinajstić information content (AvgIpc) is 2.28. The molecule has 0 saturated carbocycles. The first-order valence-electron chi connectivity index (χ1n) is 5.50. The number of rotatable bonds is 2. The molecule has 0 aliphatic carbocycles. The van der Waals surface area contributed by atoms with Crippen LogP contribution < -0.4 is 5.32 Å². The normalized spacial score (nSPS) is 20.8. The fourth-order valence-electron chi connectivity index (χ4n) is 1.94. The Morgan fingerprint density at radius 2 is 2.24 bits per heavy atom. The lowest BCUT2D eigenvalue weighted by atomic mass is 10.0. The number of likely N-dealkylation sites (N-methyl/N-ethyl adjacent to an activating group) is 1. The van der Waals surface area contributed by atoms with Gasteiger partial charge in [0.1, 0.15) is 11.6 Å². The van der Waals surface area contributed by atoms with Crippen molar-refractivity contribution in [3.8, 4) is 0 Å². The molecule has 2 rings (SSSR count). The lowest BCUT2D eigenvalue weighted by Crippen LogP contribution is -2.54. The van der Waals surface area contributed by atoms with Gasteiger partial charge in [-0.05, 0) is 18.1 Å². The van der Waals surface area contributed by atoms with Gasteiger partial charge in [-0.15, -0.1) is 0 Å². The molecule has 1 N–H and O–H groups in total. The van der Waals surface area contributed by atoms with Gasteiger partial charge in [-0.1, -0.05) is 6.07 Å². The van der Waals surface area contributed by atoms with Crippen molar-refractivity contribution in [3.05, 3.63) is 35.4 Å². The minimum Gasteiger partial charge on any atom is -0.343 e. The Bertz CT molecular complexity index is 437. The van der Waals surface area contributed by atoms with Crippen molar-refractivity contribution in [1.29, 1.82) is 0 Å². The number of carbonyl (C=O) groups is 1. The second-order valence-corrected chi connectivity index (χ2v) is 4.21. The van der Waals surface area contributed by atoms with E-state index in [4.69, 9.17) is 0 Å². The molecule has 5 heteroatoms. The molecule has 0 aromatic heterocycles. The quantitative estimate of drug-likeness (QED) is 0.834. The smallest absolute Gasteiger partial charge is 0.239 e. The van der Waals surface area contributed by atoms with Crippen LogP contribution in [0.5, 0.6) is 0 Å². The minimum atomic E-state index is -0.605. The predicted molar refractivity (Wildman–Crippen MR) is 59.5 cm³/mol. The number of hydrogen-bond donors (Lipinski definition) is 1. The van der Waals surface area contributed by atoms with Crippen LogP contribution in [0.25, 0.3) is 0 Å². The number of benzene rings is 1. The van der Waals surface area contributed by atoms with E-state index in [2.05, 4.69) is 5.32 Å². The topological polar surface area (TPSA) is 32.3 Å². The van der Waals surface area contributed by atoms with Gasteiger partial charge in [0.25, 0.3) is 0 Å². The van der Waals surface area contributed by atoms with E-state index in [1.165, 1.54) is 12.1 Å². The standard InChI is InChI=1S/C12H14F2N2O/c1-16-5-4-15-11(12(16)17)6-8-2-3-9(13)7-10(8)14/h2-3,7,11,15H,4-6H2,1H3. The first kappa shape index (κ1) is 12.0. The summed E-state index contributed by atoms with van der Waals surface area (Å²) in [5, 5.41) is 3.04. The molecule has 1 saturated heterocycles. The zero-order valence-electron chi connectivity index (χ0n) is 9.54. The van der Waals surface area contributed by atoms with Crippen molar-refractivity contribution >= 4 is 5.91 Å². The van der Waals surface area contributed by atoms with Crippen LogP contribution in [0.4, 0.5) is 8.78 Å². The second-order valence-electron chi connectivity index (χ2n) is 4.21. The van der Waals surface area contributed by atoms with E-state index in [9.17, 15) is 13.6 Å². The zero-order valence-corrected chi connectivity index (χ0v) is 9.54. The summed E-state index contributed by atoms with van der Waals surface area (Å²) in [6.45, 7) is 1.34. The Hall–Kier alpha value is -1.49. The summed E-state index contributed by atoms with van der Waals surface area (Å²) in [7, 11) is 1.72. The summed E-state index contributed by atoms with van der Waals surface area (Å²) < 4.78 is 26.2. The highest BCUT2D eigenvalue weighted by Gasteiger charge is 2.26. The number of hydrogen-bond acceptors (Lipinski definition) is 2. The maximum absolute atomic E-state index is 13.4. The van der Waals surface area contributed by atoms with Gasteiger partial charge in [-0.25, -0.2) is 8.78 Å².